The van der Waals surface area contributed by atoms with Crippen molar-refractivity contribution in [2.45, 2.75) is 6.92 Å². The van der Waals surface area contributed by atoms with E-state index in [2.05, 4.69) is 20.1 Å². The minimum Gasteiger partial charge on any atom is -0.505 e. The fourth-order valence-electron chi connectivity index (χ4n) is 1.71. The lowest BCUT2D eigenvalue weighted by Crippen LogP contribution is -1.87. The van der Waals surface area contributed by atoms with Gasteiger partial charge in [-0.1, -0.05) is 5.16 Å². The molecule has 0 amide bonds. The molecule has 6 nitrogen and oxygen atoms in total. The van der Waals surface area contributed by atoms with Gasteiger partial charge < -0.3 is 9.63 Å². The van der Waals surface area contributed by atoms with Gasteiger partial charge in [-0.2, -0.15) is 4.98 Å². The van der Waals surface area contributed by atoms with E-state index in [0.717, 1.165) is 11.1 Å². The van der Waals surface area contributed by atoms with Gasteiger partial charge in [-0.15, -0.1) is 0 Å². The normalized spacial score (nSPS) is 10.6. The maximum atomic E-state index is 9.70. The Bertz CT molecular complexity index is 664. The number of aromatic nitrogens is 4. The molecule has 1 N–H and O–H groups in total. The van der Waals surface area contributed by atoms with Crippen LogP contribution < -0.4 is 0 Å². The maximum absolute atomic E-state index is 9.70. The van der Waals surface area contributed by atoms with Crippen molar-refractivity contribution in [1.29, 1.82) is 0 Å². The second-order valence-electron chi connectivity index (χ2n) is 3.98. The van der Waals surface area contributed by atoms with Crippen LogP contribution in [0.4, 0.5) is 0 Å². The molecule has 3 heterocycles. The van der Waals surface area contributed by atoms with E-state index in [1.165, 1.54) is 6.07 Å². The predicted octanol–water partition coefficient (Wildman–Crippen LogP) is 2.21. The number of nitrogens with zero attached hydrogens (tertiary/aromatic N) is 4. The van der Waals surface area contributed by atoms with E-state index in [9.17, 15) is 5.11 Å². The third-order valence-corrected chi connectivity index (χ3v) is 2.68. The van der Waals surface area contributed by atoms with Crippen molar-refractivity contribution in [3.05, 3.63) is 42.4 Å². The van der Waals surface area contributed by atoms with Crippen LogP contribution in [0, 0.1) is 6.92 Å². The second kappa shape index (κ2) is 4.49. The van der Waals surface area contributed by atoms with Crippen LogP contribution in [0.15, 0.2) is 41.3 Å². The van der Waals surface area contributed by atoms with Crippen molar-refractivity contribution in [3.63, 3.8) is 0 Å². The van der Waals surface area contributed by atoms with Crippen LogP contribution in [0.2, 0.25) is 0 Å². The van der Waals surface area contributed by atoms with E-state index in [-0.39, 0.29) is 17.3 Å². The molecule has 6 heteroatoms. The highest BCUT2D eigenvalue weighted by Gasteiger charge is 2.15. The van der Waals surface area contributed by atoms with Gasteiger partial charge >= 0.3 is 0 Å². The fourth-order valence-corrected chi connectivity index (χ4v) is 1.71. The molecule has 3 rings (SSSR count). The average Bonchev–Trinajstić information content (AvgIpc) is 2.89. The molecule has 0 aromatic carbocycles. The van der Waals surface area contributed by atoms with Crippen molar-refractivity contribution >= 4 is 0 Å². The Balaban J connectivity index is 2.06. The van der Waals surface area contributed by atoms with Crippen molar-refractivity contribution in [3.8, 4) is 28.7 Å². The largest absolute Gasteiger partial charge is 0.505 e. The van der Waals surface area contributed by atoms with Crippen LogP contribution in [-0.4, -0.2) is 25.2 Å². The summed E-state index contributed by atoms with van der Waals surface area (Å²) in [5.41, 5.74) is 2.05. The summed E-state index contributed by atoms with van der Waals surface area (Å²) in [6.45, 7) is 1.91. The molecule has 0 saturated heterocycles. The molecular formula is C13H10N4O2. The van der Waals surface area contributed by atoms with E-state index in [4.69, 9.17) is 4.52 Å². The van der Waals surface area contributed by atoms with E-state index < -0.39 is 0 Å². The summed E-state index contributed by atoms with van der Waals surface area (Å²) in [6, 6.07) is 4.95. The van der Waals surface area contributed by atoms with Gasteiger partial charge in [-0.25, -0.2) is 4.98 Å². The first-order valence-corrected chi connectivity index (χ1v) is 5.65. The van der Waals surface area contributed by atoms with Gasteiger partial charge in [0.2, 0.25) is 5.82 Å². The van der Waals surface area contributed by atoms with Gasteiger partial charge in [-0.05, 0) is 30.7 Å². The molecule has 0 aliphatic rings. The highest BCUT2D eigenvalue weighted by Crippen LogP contribution is 2.27. The smallest absolute Gasteiger partial charge is 0.280 e. The van der Waals surface area contributed by atoms with Crippen molar-refractivity contribution in [2.24, 2.45) is 0 Å². The molecule has 0 spiro atoms. The lowest BCUT2D eigenvalue weighted by atomic mass is 10.1. The zero-order valence-electron chi connectivity index (χ0n) is 10.1. The predicted molar refractivity (Wildman–Crippen MR) is 67.2 cm³/mol. The molecule has 3 aromatic heterocycles. The van der Waals surface area contributed by atoms with E-state index >= 15 is 0 Å². The monoisotopic (exact) mass is 254 g/mol. The maximum Gasteiger partial charge on any atom is 0.280 e. The zero-order chi connectivity index (χ0) is 13.2. The van der Waals surface area contributed by atoms with Gasteiger partial charge in [0, 0.05) is 24.2 Å². The summed E-state index contributed by atoms with van der Waals surface area (Å²) >= 11 is 0. The second-order valence-corrected chi connectivity index (χ2v) is 3.98. The Kier molecular flexibility index (Phi) is 2.68. The van der Waals surface area contributed by atoms with Gasteiger partial charge in [-0.3, -0.25) is 4.98 Å². The molecule has 94 valence electrons. The Morgan fingerprint density at radius 2 is 2.11 bits per heavy atom. The Morgan fingerprint density at radius 3 is 2.89 bits per heavy atom. The van der Waals surface area contributed by atoms with Gasteiger partial charge in [0.25, 0.3) is 5.89 Å². The highest BCUT2D eigenvalue weighted by molar-refractivity contribution is 5.62. The molecule has 0 unspecified atom stereocenters. The summed E-state index contributed by atoms with van der Waals surface area (Å²) in [6.07, 6.45) is 4.94. The molecule has 0 bridgehead atoms. The summed E-state index contributed by atoms with van der Waals surface area (Å²) in [5.74, 6) is 0.633. The number of aromatic hydroxyl groups is 1. The van der Waals surface area contributed by atoms with Crippen LogP contribution in [0.3, 0.4) is 0 Å². The number of aryl methyl sites for hydroxylation is 1. The molecule has 0 fully saturated rings. The highest BCUT2D eigenvalue weighted by atomic mass is 16.5. The lowest BCUT2D eigenvalue weighted by molar-refractivity contribution is 0.423. The molecule has 0 atom stereocenters. The third kappa shape index (κ3) is 2.03. The Labute approximate surface area is 108 Å². The standard InChI is InChI=1S/C13H10N4O2/c1-8-7-14-6-4-9(8)12-16-13(19-17-12)11-10(18)3-2-5-15-11/h2-7,18H,1H3. The van der Waals surface area contributed by atoms with E-state index in [1.807, 2.05) is 13.0 Å². The average molecular weight is 254 g/mol. The first-order valence-electron chi connectivity index (χ1n) is 5.65. The topological polar surface area (TPSA) is 84.9 Å². The van der Waals surface area contributed by atoms with Gasteiger partial charge in [0.1, 0.15) is 5.75 Å². The summed E-state index contributed by atoms with van der Waals surface area (Å²) in [5, 5.41) is 13.6. The zero-order valence-corrected chi connectivity index (χ0v) is 10.1. The molecule has 0 aliphatic heterocycles. The molecule has 19 heavy (non-hydrogen) atoms. The minimum atomic E-state index is 0.00384. The van der Waals surface area contributed by atoms with Crippen molar-refractivity contribution in [2.75, 3.05) is 0 Å². The van der Waals surface area contributed by atoms with Crippen LogP contribution in [-0.2, 0) is 0 Å². The van der Waals surface area contributed by atoms with Gasteiger partial charge in [0.15, 0.2) is 5.69 Å². The van der Waals surface area contributed by atoms with Crippen LogP contribution in [0.5, 0.6) is 5.75 Å². The fraction of sp³-hybridized carbons (Fsp3) is 0.0769. The third-order valence-electron chi connectivity index (χ3n) is 2.68. The number of hydrogen-bond acceptors (Lipinski definition) is 6. The van der Waals surface area contributed by atoms with Crippen molar-refractivity contribution < 1.29 is 9.63 Å². The summed E-state index contributed by atoms with van der Waals surface area (Å²) in [7, 11) is 0. The van der Waals surface area contributed by atoms with E-state index in [0.29, 0.717) is 5.82 Å². The van der Waals surface area contributed by atoms with Crippen LogP contribution in [0.1, 0.15) is 5.56 Å². The summed E-state index contributed by atoms with van der Waals surface area (Å²) in [4.78, 5) is 12.3. The lowest BCUT2D eigenvalue weighted by Gasteiger charge is -1.97. The molecule has 0 saturated carbocycles. The van der Waals surface area contributed by atoms with E-state index in [1.54, 1.807) is 24.7 Å². The van der Waals surface area contributed by atoms with Crippen LogP contribution in [0.25, 0.3) is 23.0 Å². The molecule has 3 aromatic rings. The number of rotatable bonds is 2. The molecular weight excluding hydrogens is 244 g/mol. The number of pyridine rings is 2. The Morgan fingerprint density at radius 1 is 1.21 bits per heavy atom. The SMILES string of the molecule is Cc1cnccc1-c1noc(-c2ncccc2O)n1. The molecule has 0 radical (unpaired) electrons. The summed E-state index contributed by atoms with van der Waals surface area (Å²) < 4.78 is 5.14. The quantitative estimate of drug-likeness (QED) is 0.754. The van der Waals surface area contributed by atoms with Gasteiger partial charge in [0.05, 0.1) is 0 Å². The first kappa shape index (κ1) is 11.3. The van der Waals surface area contributed by atoms with Crippen molar-refractivity contribution in [1.82, 2.24) is 20.1 Å². The van der Waals surface area contributed by atoms with Crippen LogP contribution >= 0.6 is 0 Å². The minimum absolute atomic E-state index is 0.00384. The molecule has 0 aliphatic carbocycles. The Hall–Kier alpha value is -2.76. The number of hydrogen-bond donors (Lipinski definition) is 1. The first-order chi connectivity index (χ1) is 9.25.